The fraction of sp³-hybridized carbons (Fsp3) is 0.500. The lowest BCUT2D eigenvalue weighted by Gasteiger charge is -2.27. The maximum absolute atomic E-state index is 13.1. The second kappa shape index (κ2) is 5.51. The molecule has 1 aromatic carbocycles. The zero-order valence-corrected chi connectivity index (χ0v) is 13.8. The Balaban J connectivity index is 1.62. The van der Waals surface area contributed by atoms with Crippen molar-refractivity contribution in [3.63, 3.8) is 0 Å². The Kier molecular flexibility index (Phi) is 3.66. The van der Waals surface area contributed by atoms with Gasteiger partial charge in [0, 0.05) is 15.2 Å². The molecule has 0 bridgehead atoms. The summed E-state index contributed by atoms with van der Waals surface area (Å²) in [6.07, 6.45) is 5.64. The van der Waals surface area contributed by atoms with Gasteiger partial charge in [0.15, 0.2) is 5.78 Å². The molecule has 3 heteroatoms. The maximum Gasteiger partial charge on any atom is 0.167 e. The van der Waals surface area contributed by atoms with E-state index in [1.807, 2.05) is 23.5 Å². The third-order valence-corrected chi connectivity index (χ3v) is 7.76. The van der Waals surface area contributed by atoms with Crippen LogP contribution in [0, 0.1) is 5.41 Å². The van der Waals surface area contributed by atoms with Crippen molar-refractivity contribution in [3.8, 4) is 0 Å². The van der Waals surface area contributed by atoms with E-state index in [1.54, 1.807) is 0 Å². The van der Waals surface area contributed by atoms with Gasteiger partial charge in [-0.25, -0.2) is 0 Å². The molecule has 0 N–H and O–H groups in total. The molecule has 1 nitrogen and oxygen atoms in total. The van der Waals surface area contributed by atoms with Crippen molar-refractivity contribution in [2.24, 2.45) is 5.41 Å². The molecule has 2 atom stereocenters. The van der Waals surface area contributed by atoms with Gasteiger partial charge in [0.05, 0.1) is 0 Å². The summed E-state index contributed by atoms with van der Waals surface area (Å²) in [6.45, 7) is 0. The zero-order valence-electron chi connectivity index (χ0n) is 12.1. The monoisotopic (exact) mass is 316 g/mol. The second-order valence-electron chi connectivity index (χ2n) is 6.32. The average Bonchev–Trinajstić information content (AvgIpc) is 3.27. The largest absolute Gasteiger partial charge is 0.294 e. The molecule has 1 aromatic rings. The first kappa shape index (κ1) is 14.0. The number of Topliss-reactive ketones (excluding diaryl/α,β-unsaturated/α-hetero) is 1. The molecular weight excluding hydrogens is 296 g/mol. The van der Waals surface area contributed by atoms with E-state index in [9.17, 15) is 4.79 Å². The highest BCUT2D eigenvalue weighted by Crippen LogP contribution is 2.66. The van der Waals surface area contributed by atoms with Crippen LogP contribution in [0.4, 0.5) is 0 Å². The fourth-order valence-corrected chi connectivity index (χ4v) is 6.56. The first-order chi connectivity index (χ1) is 10.3. The fourth-order valence-electron chi connectivity index (χ4n) is 3.86. The highest BCUT2D eigenvalue weighted by Gasteiger charge is 2.61. The first-order valence-corrected chi connectivity index (χ1v) is 9.87. The number of benzene rings is 1. The lowest BCUT2D eigenvalue weighted by Crippen LogP contribution is -2.25. The standard InChI is InChI=1S/C18H20OS2/c19-16-14(17-20-10-5-11-21-17)8-4-9-18(16)12-15(18)13-6-2-1-3-7-13/h1-3,6-7,15H,4-5,8-12H2/t15-,18-/m1/s1. The van der Waals surface area contributed by atoms with Crippen LogP contribution in [0.3, 0.4) is 0 Å². The molecule has 3 fully saturated rings. The molecule has 0 unspecified atom stereocenters. The second-order valence-corrected chi connectivity index (χ2v) is 8.79. The van der Waals surface area contributed by atoms with Crippen molar-refractivity contribution in [1.29, 1.82) is 0 Å². The van der Waals surface area contributed by atoms with Crippen LogP contribution in [0.25, 0.3) is 0 Å². The molecule has 110 valence electrons. The average molecular weight is 316 g/mol. The van der Waals surface area contributed by atoms with E-state index in [-0.39, 0.29) is 5.41 Å². The van der Waals surface area contributed by atoms with Gasteiger partial charge < -0.3 is 0 Å². The molecule has 1 aliphatic heterocycles. The number of allylic oxidation sites excluding steroid dienone is 1. The molecule has 2 aliphatic carbocycles. The Hall–Kier alpha value is -0.670. The Bertz CT molecular complexity index is 584. The number of carbonyl (C=O) groups is 1. The smallest absolute Gasteiger partial charge is 0.167 e. The van der Waals surface area contributed by atoms with Crippen molar-refractivity contribution in [2.75, 3.05) is 11.5 Å². The van der Waals surface area contributed by atoms with Crippen molar-refractivity contribution in [3.05, 3.63) is 45.7 Å². The van der Waals surface area contributed by atoms with Crippen LogP contribution >= 0.6 is 23.5 Å². The molecule has 4 rings (SSSR count). The van der Waals surface area contributed by atoms with Gasteiger partial charge in [0.1, 0.15) is 0 Å². The minimum atomic E-state index is -0.0412. The van der Waals surface area contributed by atoms with E-state index < -0.39 is 0 Å². The van der Waals surface area contributed by atoms with Crippen LogP contribution in [-0.4, -0.2) is 17.3 Å². The molecule has 0 radical (unpaired) electrons. The molecule has 1 heterocycles. The van der Waals surface area contributed by atoms with Gasteiger partial charge in [0.25, 0.3) is 0 Å². The van der Waals surface area contributed by atoms with Crippen LogP contribution < -0.4 is 0 Å². The Morgan fingerprint density at radius 3 is 2.57 bits per heavy atom. The third-order valence-electron chi connectivity index (χ3n) is 5.05. The normalized spacial score (nSPS) is 32.6. The number of hydrogen-bond acceptors (Lipinski definition) is 3. The van der Waals surface area contributed by atoms with Crippen molar-refractivity contribution in [2.45, 2.75) is 38.0 Å². The molecule has 21 heavy (non-hydrogen) atoms. The predicted octanol–water partition coefficient (Wildman–Crippen LogP) is 5.00. The number of rotatable bonds is 1. The summed E-state index contributed by atoms with van der Waals surface area (Å²) in [5, 5.41) is 0. The van der Waals surface area contributed by atoms with Gasteiger partial charge in [-0.1, -0.05) is 30.3 Å². The van der Waals surface area contributed by atoms with Gasteiger partial charge in [-0.2, -0.15) is 0 Å². The highest BCUT2D eigenvalue weighted by atomic mass is 32.2. The number of carbonyl (C=O) groups excluding carboxylic acids is 1. The molecular formula is C18H20OS2. The Labute approximate surface area is 135 Å². The summed E-state index contributed by atoms with van der Waals surface area (Å²) < 4.78 is 1.35. The van der Waals surface area contributed by atoms with Gasteiger partial charge in [-0.3, -0.25) is 4.79 Å². The van der Waals surface area contributed by atoms with Crippen LogP contribution in [-0.2, 0) is 4.79 Å². The quantitative estimate of drug-likeness (QED) is 0.679. The van der Waals surface area contributed by atoms with E-state index in [2.05, 4.69) is 30.3 Å². The maximum atomic E-state index is 13.1. The summed E-state index contributed by atoms with van der Waals surface area (Å²) in [5.74, 6) is 3.34. The molecule has 1 saturated heterocycles. The van der Waals surface area contributed by atoms with E-state index >= 15 is 0 Å². The van der Waals surface area contributed by atoms with Gasteiger partial charge in [0.2, 0.25) is 0 Å². The van der Waals surface area contributed by atoms with E-state index in [0.717, 1.165) is 19.3 Å². The highest BCUT2D eigenvalue weighted by molar-refractivity contribution is 8.22. The van der Waals surface area contributed by atoms with Crippen molar-refractivity contribution < 1.29 is 4.79 Å². The van der Waals surface area contributed by atoms with Crippen molar-refractivity contribution >= 4 is 29.3 Å². The molecule has 0 amide bonds. The molecule has 3 aliphatic rings. The van der Waals surface area contributed by atoms with Crippen LogP contribution in [0.1, 0.15) is 43.6 Å². The SMILES string of the molecule is O=C1C(=C2SCCCS2)CCC[C@]12C[C@@H]2c1ccccc1. The number of ketones is 1. The number of hydrogen-bond donors (Lipinski definition) is 0. The Morgan fingerprint density at radius 1 is 1.05 bits per heavy atom. The lowest BCUT2D eigenvalue weighted by molar-refractivity contribution is -0.122. The van der Waals surface area contributed by atoms with E-state index in [4.69, 9.17) is 0 Å². The summed E-state index contributed by atoms with van der Waals surface area (Å²) in [4.78, 5) is 13.1. The topological polar surface area (TPSA) is 17.1 Å². The summed E-state index contributed by atoms with van der Waals surface area (Å²) in [7, 11) is 0. The van der Waals surface area contributed by atoms with Crippen molar-refractivity contribution in [1.82, 2.24) is 0 Å². The van der Waals surface area contributed by atoms with Crippen LogP contribution in [0.15, 0.2) is 40.1 Å². The zero-order chi connectivity index (χ0) is 14.3. The van der Waals surface area contributed by atoms with Gasteiger partial charge in [-0.05, 0) is 55.1 Å². The molecule has 0 aromatic heterocycles. The lowest BCUT2D eigenvalue weighted by atomic mass is 9.79. The Morgan fingerprint density at radius 2 is 1.81 bits per heavy atom. The number of thioether (sulfide) groups is 2. The molecule has 1 spiro atoms. The van der Waals surface area contributed by atoms with Gasteiger partial charge >= 0.3 is 0 Å². The van der Waals surface area contributed by atoms with E-state index in [0.29, 0.717) is 11.7 Å². The minimum absolute atomic E-state index is 0.0412. The van der Waals surface area contributed by atoms with Gasteiger partial charge in [-0.15, -0.1) is 23.5 Å². The summed E-state index contributed by atoms with van der Waals surface area (Å²) in [5.41, 5.74) is 2.50. The van der Waals surface area contributed by atoms with E-state index in [1.165, 1.54) is 39.7 Å². The predicted molar refractivity (Wildman–Crippen MR) is 91.7 cm³/mol. The third kappa shape index (κ3) is 2.39. The van der Waals surface area contributed by atoms with Crippen LogP contribution in [0.2, 0.25) is 0 Å². The molecule has 2 saturated carbocycles. The summed E-state index contributed by atoms with van der Waals surface area (Å²) >= 11 is 3.84. The summed E-state index contributed by atoms with van der Waals surface area (Å²) in [6, 6.07) is 10.6. The minimum Gasteiger partial charge on any atom is -0.294 e. The first-order valence-electron chi connectivity index (χ1n) is 7.90. The van der Waals surface area contributed by atoms with Crippen LogP contribution in [0.5, 0.6) is 0 Å².